The first-order chi connectivity index (χ1) is 9.63. The van der Waals surface area contributed by atoms with Gasteiger partial charge in [-0.1, -0.05) is 17.7 Å². The first kappa shape index (κ1) is 13.4. The smallest absolute Gasteiger partial charge is 0.0809 e. The molecule has 0 aliphatic carbocycles. The van der Waals surface area contributed by atoms with Gasteiger partial charge in [0.15, 0.2) is 0 Å². The second-order valence-corrected chi connectivity index (χ2v) is 6.28. The van der Waals surface area contributed by atoms with E-state index in [9.17, 15) is 0 Å². The van der Waals surface area contributed by atoms with Crippen LogP contribution < -0.4 is 5.32 Å². The van der Waals surface area contributed by atoms with Crippen molar-refractivity contribution in [2.45, 2.75) is 19.9 Å². The molecule has 20 heavy (non-hydrogen) atoms. The first-order valence-electron chi connectivity index (χ1n) is 6.49. The number of aryl methyl sites for hydroxylation is 1. The molecule has 0 bridgehead atoms. The van der Waals surface area contributed by atoms with Gasteiger partial charge < -0.3 is 5.32 Å². The quantitative estimate of drug-likeness (QED) is 0.697. The molecule has 3 aromatic rings. The molecular formula is C16H15ClN2S. The number of hydrogen-bond acceptors (Lipinski definition) is 3. The zero-order valence-corrected chi connectivity index (χ0v) is 12.9. The van der Waals surface area contributed by atoms with Crippen LogP contribution in [0, 0.1) is 6.92 Å². The second kappa shape index (κ2) is 5.43. The van der Waals surface area contributed by atoms with Gasteiger partial charge in [-0.15, -0.1) is 11.3 Å². The highest BCUT2D eigenvalue weighted by molar-refractivity contribution is 7.17. The van der Waals surface area contributed by atoms with Gasteiger partial charge in [0.1, 0.15) is 0 Å². The number of rotatable bonds is 3. The van der Waals surface area contributed by atoms with Crippen LogP contribution in [0.1, 0.15) is 24.1 Å². The molecule has 0 amide bonds. The fraction of sp³-hybridized carbons (Fsp3) is 0.188. The Morgan fingerprint density at radius 1 is 1.25 bits per heavy atom. The molecule has 4 heteroatoms. The molecular weight excluding hydrogens is 288 g/mol. The number of nitrogens with one attached hydrogen (secondary N) is 1. The van der Waals surface area contributed by atoms with E-state index in [0.717, 1.165) is 16.2 Å². The lowest BCUT2D eigenvalue weighted by Crippen LogP contribution is -2.07. The second-order valence-electron chi connectivity index (χ2n) is 4.90. The molecule has 2 aromatic heterocycles. The van der Waals surface area contributed by atoms with E-state index in [2.05, 4.69) is 35.6 Å². The van der Waals surface area contributed by atoms with Crippen molar-refractivity contribution in [1.29, 1.82) is 0 Å². The number of thiophene rings is 1. The third-order valence-corrected chi connectivity index (χ3v) is 4.48. The Morgan fingerprint density at radius 3 is 2.95 bits per heavy atom. The summed E-state index contributed by atoms with van der Waals surface area (Å²) >= 11 is 7.78. The van der Waals surface area contributed by atoms with Gasteiger partial charge in [-0.05, 0) is 54.6 Å². The van der Waals surface area contributed by atoms with Gasteiger partial charge in [-0.2, -0.15) is 0 Å². The van der Waals surface area contributed by atoms with Crippen LogP contribution in [0.25, 0.3) is 10.2 Å². The van der Waals surface area contributed by atoms with Crippen LogP contribution >= 0.6 is 22.9 Å². The predicted octanol–water partition coefficient (Wildman–Crippen LogP) is 5.43. The van der Waals surface area contributed by atoms with Crippen molar-refractivity contribution in [2.75, 3.05) is 5.32 Å². The van der Waals surface area contributed by atoms with Crippen LogP contribution in [0.15, 0.2) is 41.9 Å². The normalized spacial score (nSPS) is 12.6. The summed E-state index contributed by atoms with van der Waals surface area (Å²) in [5, 5.41) is 6.32. The van der Waals surface area contributed by atoms with Gasteiger partial charge in [0.25, 0.3) is 0 Å². The Bertz CT molecular complexity index is 751. The molecule has 102 valence electrons. The van der Waals surface area contributed by atoms with Crippen molar-refractivity contribution >= 4 is 38.8 Å². The summed E-state index contributed by atoms with van der Waals surface area (Å²) in [5.41, 5.74) is 4.49. The highest BCUT2D eigenvalue weighted by Crippen LogP contribution is 2.27. The fourth-order valence-electron chi connectivity index (χ4n) is 2.16. The molecule has 1 atom stereocenters. The van der Waals surface area contributed by atoms with Crippen molar-refractivity contribution in [1.82, 2.24) is 4.98 Å². The fourth-order valence-corrected chi connectivity index (χ4v) is 3.13. The molecule has 0 radical (unpaired) electrons. The van der Waals surface area contributed by atoms with Crippen LogP contribution in [-0.4, -0.2) is 4.98 Å². The molecule has 1 unspecified atom stereocenters. The summed E-state index contributed by atoms with van der Waals surface area (Å²) in [6, 6.07) is 10.3. The molecule has 2 heterocycles. The van der Waals surface area contributed by atoms with Gasteiger partial charge >= 0.3 is 0 Å². The van der Waals surface area contributed by atoms with Crippen molar-refractivity contribution in [3.63, 3.8) is 0 Å². The Kier molecular flexibility index (Phi) is 3.64. The van der Waals surface area contributed by atoms with Crippen molar-refractivity contribution in [2.24, 2.45) is 0 Å². The number of nitrogens with zero attached hydrogens (tertiary/aromatic N) is 1. The van der Waals surface area contributed by atoms with E-state index < -0.39 is 0 Å². The lowest BCUT2D eigenvalue weighted by Gasteiger charge is -2.17. The van der Waals surface area contributed by atoms with Gasteiger partial charge in [0.2, 0.25) is 0 Å². The van der Waals surface area contributed by atoms with E-state index >= 15 is 0 Å². The lowest BCUT2D eigenvalue weighted by molar-refractivity contribution is 0.878. The summed E-state index contributed by atoms with van der Waals surface area (Å²) in [4.78, 5) is 4.49. The van der Waals surface area contributed by atoms with E-state index in [1.165, 1.54) is 15.8 Å². The van der Waals surface area contributed by atoms with Crippen molar-refractivity contribution in [3.05, 3.63) is 58.1 Å². The maximum Gasteiger partial charge on any atom is 0.0809 e. The van der Waals surface area contributed by atoms with Gasteiger partial charge in [0.05, 0.1) is 16.3 Å². The van der Waals surface area contributed by atoms with Crippen molar-refractivity contribution in [3.8, 4) is 0 Å². The predicted molar refractivity (Wildman–Crippen MR) is 87.8 cm³/mol. The molecule has 3 rings (SSSR count). The monoisotopic (exact) mass is 302 g/mol. The standard InChI is InChI=1S/C16H15ClN2S/c1-10-3-4-13(17)8-15(10)19-11(2)12-7-16-14(18-9-12)5-6-20-16/h3-9,11,19H,1-2H3. The van der Waals surface area contributed by atoms with Gasteiger partial charge in [-0.25, -0.2) is 0 Å². The largest absolute Gasteiger partial charge is 0.378 e. The average Bonchev–Trinajstić information content (AvgIpc) is 2.90. The van der Waals surface area contributed by atoms with Crippen LogP contribution in [0.2, 0.25) is 5.02 Å². The number of anilines is 1. The molecule has 1 N–H and O–H groups in total. The zero-order chi connectivity index (χ0) is 14.1. The number of aromatic nitrogens is 1. The maximum absolute atomic E-state index is 6.06. The topological polar surface area (TPSA) is 24.9 Å². The summed E-state index contributed by atoms with van der Waals surface area (Å²) < 4.78 is 1.22. The molecule has 2 nitrogen and oxygen atoms in total. The summed E-state index contributed by atoms with van der Waals surface area (Å²) in [6.07, 6.45) is 1.94. The molecule has 0 saturated heterocycles. The number of fused-ring (bicyclic) bond motifs is 1. The average molecular weight is 303 g/mol. The Labute approximate surface area is 127 Å². The van der Waals surface area contributed by atoms with E-state index in [1.54, 1.807) is 11.3 Å². The first-order valence-corrected chi connectivity index (χ1v) is 7.75. The number of halogens is 1. The lowest BCUT2D eigenvalue weighted by atomic mass is 10.1. The molecule has 0 aliphatic heterocycles. The molecule has 0 saturated carbocycles. The minimum absolute atomic E-state index is 0.186. The van der Waals surface area contributed by atoms with Crippen LogP contribution in [-0.2, 0) is 0 Å². The molecule has 0 aliphatic rings. The highest BCUT2D eigenvalue weighted by Gasteiger charge is 2.09. The molecule has 1 aromatic carbocycles. The van der Waals surface area contributed by atoms with Crippen LogP contribution in [0.5, 0.6) is 0 Å². The minimum Gasteiger partial charge on any atom is -0.378 e. The Balaban J connectivity index is 1.88. The Morgan fingerprint density at radius 2 is 2.10 bits per heavy atom. The minimum atomic E-state index is 0.186. The Hall–Kier alpha value is -1.58. The van der Waals surface area contributed by atoms with Crippen LogP contribution in [0.4, 0.5) is 5.69 Å². The highest BCUT2D eigenvalue weighted by atomic mass is 35.5. The maximum atomic E-state index is 6.06. The third-order valence-electron chi connectivity index (χ3n) is 3.40. The van der Waals surface area contributed by atoms with Gasteiger partial charge in [-0.3, -0.25) is 4.98 Å². The van der Waals surface area contributed by atoms with E-state index in [4.69, 9.17) is 11.6 Å². The van der Waals surface area contributed by atoms with E-state index in [1.807, 2.05) is 30.5 Å². The number of hydrogen-bond donors (Lipinski definition) is 1. The number of pyridine rings is 1. The van der Waals surface area contributed by atoms with Crippen LogP contribution in [0.3, 0.4) is 0 Å². The van der Waals surface area contributed by atoms with Gasteiger partial charge in [0, 0.05) is 16.9 Å². The molecule has 0 fully saturated rings. The number of benzene rings is 1. The van der Waals surface area contributed by atoms with E-state index in [-0.39, 0.29) is 6.04 Å². The zero-order valence-electron chi connectivity index (χ0n) is 11.4. The SMILES string of the molecule is Cc1ccc(Cl)cc1NC(C)c1cnc2ccsc2c1. The molecule has 0 spiro atoms. The van der Waals surface area contributed by atoms with E-state index in [0.29, 0.717) is 0 Å². The summed E-state index contributed by atoms with van der Waals surface area (Å²) in [6.45, 7) is 4.21. The van der Waals surface area contributed by atoms with Crippen molar-refractivity contribution < 1.29 is 0 Å². The third kappa shape index (κ3) is 2.65. The summed E-state index contributed by atoms with van der Waals surface area (Å²) in [5.74, 6) is 0. The summed E-state index contributed by atoms with van der Waals surface area (Å²) in [7, 11) is 0.